The third-order valence-electron chi connectivity index (χ3n) is 3.42. The number of carbonyl (C=O) groups excluding carboxylic acids is 1. The van der Waals surface area contributed by atoms with E-state index >= 15 is 0 Å². The molecule has 0 atom stereocenters. The standard InChI is InChI=1S/C19H16FN3O2S/c1-14-17(26-19(22-14)23-11-5-6-12-23)18(24)21-10-4-7-13-25-16-9-3-2-8-15(16)20/h2-3,5-6,8-9,11-12H,10,13H2,1H3,(H,21,24). The third kappa shape index (κ3) is 4.29. The van der Waals surface area contributed by atoms with Crippen LogP contribution in [0.15, 0.2) is 48.8 Å². The maximum absolute atomic E-state index is 13.4. The van der Waals surface area contributed by atoms with Crippen molar-refractivity contribution in [2.24, 2.45) is 0 Å². The molecule has 0 saturated heterocycles. The summed E-state index contributed by atoms with van der Waals surface area (Å²) in [6.45, 7) is 2.02. The number of aryl methyl sites for hydroxylation is 1. The van der Waals surface area contributed by atoms with E-state index in [1.54, 1.807) is 19.1 Å². The molecule has 0 fully saturated rings. The molecule has 132 valence electrons. The van der Waals surface area contributed by atoms with Crippen LogP contribution in [0.3, 0.4) is 0 Å². The molecule has 1 aromatic carbocycles. The molecule has 1 N–H and O–H groups in total. The first-order chi connectivity index (χ1) is 12.6. The Balaban J connectivity index is 1.50. The number of ether oxygens (including phenoxy) is 1. The van der Waals surface area contributed by atoms with E-state index in [1.807, 2.05) is 29.1 Å². The quantitative estimate of drug-likeness (QED) is 0.703. The van der Waals surface area contributed by atoms with Crippen LogP contribution < -0.4 is 10.1 Å². The van der Waals surface area contributed by atoms with Crippen LogP contribution in [0.2, 0.25) is 0 Å². The monoisotopic (exact) mass is 369 g/mol. The molecule has 2 heterocycles. The average molecular weight is 369 g/mol. The Morgan fingerprint density at radius 3 is 2.81 bits per heavy atom. The van der Waals surface area contributed by atoms with Gasteiger partial charge in [-0.2, -0.15) is 0 Å². The van der Waals surface area contributed by atoms with Crippen LogP contribution in [0.25, 0.3) is 5.13 Å². The Labute approximate surface area is 154 Å². The highest BCUT2D eigenvalue weighted by atomic mass is 32.1. The fourth-order valence-corrected chi connectivity index (χ4v) is 3.11. The van der Waals surface area contributed by atoms with E-state index in [0.29, 0.717) is 10.6 Å². The molecular weight excluding hydrogens is 353 g/mol. The number of nitrogens with zero attached hydrogens (tertiary/aromatic N) is 2. The van der Waals surface area contributed by atoms with Crippen LogP contribution in [0.1, 0.15) is 15.4 Å². The number of amides is 1. The minimum Gasteiger partial charge on any atom is -0.478 e. The SMILES string of the molecule is Cc1nc(-n2cccc2)sc1C(=O)NCC#CCOc1ccccc1F. The van der Waals surface area contributed by atoms with E-state index in [0.717, 1.165) is 5.13 Å². The number of nitrogens with one attached hydrogen (secondary N) is 1. The topological polar surface area (TPSA) is 56.2 Å². The summed E-state index contributed by atoms with van der Waals surface area (Å²) in [5.41, 5.74) is 0.673. The lowest BCUT2D eigenvalue weighted by Gasteiger charge is -2.02. The molecule has 0 aliphatic heterocycles. The summed E-state index contributed by atoms with van der Waals surface area (Å²) in [6.07, 6.45) is 3.75. The molecule has 0 bridgehead atoms. The van der Waals surface area contributed by atoms with Gasteiger partial charge in [-0.05, 0) is 31.2 Å². The molecule has 26 heavy (non-hydrogen) atoms. The Bertz CT molecular complexity index is 955. The first-order valence-electron chi connectivity index (χ1n) is 7.87. The van der Waals surface area contributed by atoms with Gasteiger partial charge in [0.25, 0.3) is 5.91 Å². The van der Waals surface area contributed by atoms with Crippen LogP contribution in [-0.2, 0) is 0 Å². The minimum atomic E-state index is -0.429. The Hall–Kier alpha value is -3.11. The average Bonchev–Trinajstić information content (AvgIpc) is 3.28. The molecule has 3 rings (SSSR count). The van der Waals surface area contributed by atoms with Crippen LogP contribution in [-0.4, -0.2) is 28.6 Å². The second kappa shape index (κ2) is 8.32. The second-order valence-electron chi connectivity index (χ2n) is 5.26. The van der Waals surface area contributed by atoms with E-state index in [1.165, 1.54) is 23.5 Å². The molecule has 7 heteroatoms. The van der Waals surface area contributed by atoms with Crippen molar-refractivity contribution in [2.75, 3.05) is 13.2 Å². The normalized spacial score (nSPS) is 10.1. The van der Waals surface area contributed by atoms with Crippen molar-refractivity contribution < 1.29 is 13.9 Å². The molecule has 0 aliphatic rings. The van der Waals surface area contributed by atoms with E-state index in [4.69, 9.17) is 4.74 Å². The van der Waals surface area contributed by atoms with Gasteiger partial charge in [0, 0.05) is 12.4 Å². The summed E-state index contributed by atoms with van der Waals surface area (Å²) in [5.74, 6) is 5.03. The lowest BCUT2D eigenvalue weighted by molar-refractivity contribution is 0.0962. The highest BCUT2D eigenvalue weighted by Crippen LogP contribution is 2.21. The molecule has 0 saturated carbocycles. The number of benzene rings is 1. The minimum absolute atomic E-state index is 0.0498. The van der Waals surface area contributed by atoms with Crippen molar-refractivity contribution in [2.45, 2.75) is 6.92 Å². The number of thiazole rings is 1. The number of hydrogen-bond donors (Lipinski definition) is 1. The number of carbonyl (C=O) groups is 1. The van der Waals surface area contributed by atoms with Gasteiger partial charge in [-0.15, -0.1) is 0 Å². The highest BCUT2D eigenvalue weighted by Gasteiger charge is 2.15. The zero-order valence-corrected chi connectivity index (χ0v) is 14.8. The van der Waals surface area contributed by atoms with Gasteiger partial charge in [-0.1, -0.05) is 35.3 Å². The van der Waals surface area contributed by atoms with Gasteiger partial charge in [0.1, 0.15) is 11.5 Å². The molecule has 0 unspecified atom stereocenters. The summed E-state index contributed by atoms with van der Waals surface area (Å²) in [5, 5.41) is 3.47. The number of halogens is 1. The summed E-state index contributed by atoms with van der Waals surface area (Å²) in [7, 11) is 0. The summed E-state index contributed by atoms with van der Waals surface area (Å²) in [6, 6.07) is 9.93. The summed E-state index contributed by atoms with van der Waals surface area (Å²) in [4.78, 5) is 17.2. The van der Waals surface area contributed by atoms with Gasteiger partial charge in [0.05, 0.1) is 12.2 Å². The Morgan fingerprint density at radius 1 is 1.27 bits per heavy atom. The number of hydrogen-bond acceptors (Lipinski definition) is 4. The molecule has 5 nitrogen and oxygen atoms in total. The third-order valence-corrected chi connectivity index (χ3v) is 4.59. The number of para-hydroxylation sites is 1. The number of rotatable bonds is 5. The van der Waals surface area contributed by atoms with Crippen molar-refractivity contribution in [1.29, 1.82) is 0 Å². The van der Waals surface area contributed by atoms with Crippen LogP contribution in [0, 0.1) is 24.6 Å². The predicted molar refractivity (Wildman–Crippen MR) is 98.2 cm³/mol. The van der Waals surface area contributed by atoms with E-state index in [2.05, 4.69) is 22.1 Å². The highest BCUT2D eigenvalue weighted by molar-refractivity contribution is 7.16. The first-order valence-corrected chi connectivity index (χ1v) is 8.69. The molecule has 0 aliphatic carbocycles. The van der Waals surface area contributed by atoms with Crippen LogP contribution in [0.5, 0.6) is 5.75 Å². The summed E-state index contributed by atoms with van der Waals surface area (Å²) < 4.78 is 20.4. The van der Waals surface area contributed by atoms with Crippen LogP contribution in [0.4, 0.5) is 4.39 Å². The maximum Gasteiger partial charge on any atom is 0.264 e. The second-order valence-corrected chi connectivity index (χ2v) is 6.23. The molecule has 0 radical (unpaired) electrons. The van der Waals surface area contributed by atoms with E-state index < -0.39 is 5.82 Å². The van der Waals surface area contributed by atoms with Gasteiger partial charge < -0.3 is 14.6 Å². The molecule has 2 aromatic heterocycles. The summed E-state index contributed by atoms with van der Waals surface area (Å²) >= 11 is 1.32. The van der Waals surface area contributed by atoms with E-state index in [-0.39, 0.29) is 24.8 Å². The maximum atomic E-state index is 13.4. The van der Waals surface area contributed by atoms with Crippen molar-refractivity contribution in [3.63, 3.8) is 0 Å². The van der Waals surface area contributed by atoms with Gasteiger partial charge in [-0.3, -0.25) is 4.79 Å². The van der Waals surface area contributed by atoms with Crippen molar-refractivity contribution in [3.8, 4) is 22.7 Å². The van der Waals surface area contributed by atoms with Gasteiger partial charge in [-0.25, -0.2) is 9.37 Å². The zero-order chi connectivity index (χ0) is 18.4. The van der Waals surface area contributed by atoms with Crippen molar-refractivity contribution >= 4 is 17.2 Å². The van der Waals surface area contributed by atoms with Gasteiger partial charge in [0.2, 0.25) is 0 Å². The molecule has 3 aromatic rings. The Morgan fingerprint density at radius 2 is 2.04 bits per heavy atom. The fourth-order valence-electron chi connectivity index (χ4n) is 2.16. The molecular formula is C19H16FN3O2S. The van der Waals surface area contributed by atoms with E-state index in [9.17, 15) is 9.18 Å². The Kier molecular flexibility index (Phi) is 5.66. The molecule has 1 amide bonds. The van der Waals surface area contributed by atoms with Crippen molar-refractivity contribution in [1.82, 2.24) is 14.9 Å². The van der Waals surface area contributed by atoms with Crippen molar-refractivity contribution in [3.05, 3.63) is 65.2 Å². The predicted octanol–water partition coefficient (Wildman–Crippen LogP) is 3.19. The zero-order valence-electron chi connectivity index (χ0n) is 14.0. The van der Waals surface area contributed by atoms with Crippen LogP contribution >= 0.6 is 11.3 Å². The lowest BCUT2D eigenvalue weighted by Crippen LogP contribution is -2.23. The fraction of sp³-hybridized carbons (Fsp3) is 0.158. The smallest absolute Gasteiger partial charge is 0.264 e. The molecule has 0 spiro atoms. The van der Waals surface area contributed by atoms with Gasteiger partial charge in [0.15, 0.2) is 16.7 Å². The largest absolute Gasteiger partial charge is 0.478 e. The number of aromatic nitrogens is 2. The first kappa shape index (κ1) is 17.7. The van der Waals surface area contributed by atoms with Gasteiger partial charge >= 0.3 is 0 Å². The lowest BCUT2D eigenvalue weighted by atomic mass is 10.3.